The van der Waals surface area contributed by atoms with Gasteiger partial charge in [-0.2, -0.15) is 5.26 Å². The number of aliphatic hydroxyl groups excluding tert-OH is 1. The zero-order valence-electron chi connectivity index (χ0n) is 14.6. The number of methoxy groups -OCH3 is 1. The van der Waals surface area contributed by atoms with Gasteiger partial charge >= 0.3 is 0 Å². The van der Waals surface area contributed by atoms with E-state index in [2.05, 4.69) is 16.3 Å². The van der Waals surface area contributed by atoms with Crippen molar-refractivity contribution in [2.24, 2.45) is 5.92 Å². The Kier molecular flexibility index (Phi) is 5.57. The van der Waals surface area contributed by atoms with Crippen molar-refractivity contribution in [3.8, 4) is 11.8 Å². The number of hydrogen-bond donors (Lipinski definition) is 2. The molecule has 0 radical (unpaired) electrons. The van der Waals surface area contributed by atoms with E-state index in [4.69, 9.17) is 4.74 Å². The van der Waals surface area contributed by atoms with Crippen LogP contribution in [0.25, 0.3) is 0 Å². The molecule has 0 unspecified atom stereocenters. The van der Waals surface area contributed by atoms with E-state index in [-0.39, 0.29) is 17.9 Å². The molecule has 1 saturated heterocycles. The van der Waals surface area contributed by atoms with Crippen molar-refractivity contribution in [2.75, 3.05) is 20.2 Å². The number of carbonyl (C=O) groups is 1. The summed E-state index contributed by atoms with van der Waals surface area (Å²) in [5.41, 5.74) is 1.62. The van der Waals surface area contributed by atoms with Crippen LogP contribution in [-0.2, 0) is 11.3 Å². The number of nitrogens with one attached hydrogen (secondary N) is 1. The van der Waals surface area contributed by atoms with Gasteiger partial charge in [-0.25, -0.2) is 0 Å². The highest BCUT2D eigenvalue weighted by molar-refractivity contribution is 5.81. The number of rotatable bonds is 6. The third-order valence-electron chi connectivity index (χ3n) is 5.06. The summed E-state index contributed by atoms with van der Waals surface area (Å²) in [6.45, 7) is 2.44. The summed E-state index contributed by atoms with van der Waals surface area (Å²) in [4.78, 5) is 14.3. The third kappa shape index (κ3) is 4.50. The summed E-state index contributed by atoms with van der Waals surface area (Å²) in [5.74, 6) is 0.407. The standard InChI is InChI=1S/C19H25N3O3/c1-25-17-5-2-13(10-15(17)11-20)12-22-8-6-14(7-9-22)18(23)19(24)21-16-3-4-16/h2,5,10,14,16,18,23H,3-4,6-9,12H2,1H3,(H,21,24)/t18-/m1/s1. The van der Waals surface area contributed by atoms with Gasteiger partial charge in [0.05, 0.1) is 12.7 Å². The second kappa shape index (κ2) is 7.85. The molecule has 2 fully saturated rings. The highest BCUT2D eigenvalue weighted by Gasteiger charge is 2.32. The van der Waals surface area contributed by atoms with Gasteiger partial charge in [0.15, 0.2) is 0 Å². The van der Waals surface area contributed by atoms with Gasteiger partial charge in [0.2, 0.25) is 5.91 Å². The van der Waals surface area contributed by atoms with Crippen molar-refractivity contribution in [1.82, 2.24) is 10.2 Å². The molecule has 0 bridgehead atoms. The first kappa shape index (κ1) is 17.7. The number of likely N-dealkylation sites (tertiary alicyclic amines) is 1. The molecule has 2 aliphatic rings. The molecule has 1 amide bonds. The Morgan fingerprint density at radius 2 is 2.12 bits per heavy atom. The minimum absolute atomic E-state index is 0.0283. The molecular formula is C19H25N3O3. The Morgan fingerprint density at radius 3 is 2.72 bits per heavy atom. The molecule has 1 saturated carbocycles. The minimum atomic E-state index is -0.895. The van der Waals surface area contributed by atoms with E-state index in [9.17, 15) is 15.2 Å². The fourth-order valence-corrected chi connectivity index (χ4v) is 3.35. The highest BCUT2D eigenvalue weighted by atomic mass is 16.5. The van der Waals surface area contributed by atoms with Gasteiger partial charge in [0, 0.05) is 12.6 Å². The summed E-state index contributed by atoms with van der Waals surface area (Å²) in [7, 11) is 1.56. The minimum Gasteiger partial charge on any atom is -0.495 e. The number of ether oxygens (including phenoxy) is 1. The second-order valence-corrected chi connectivity index (χ2v) is 6.99. The molecule has 1 atom stereocenters. The van der Waals surface area contributed by atoms with Gasteiger partial charge in [0.1, 0.15) is 17.9 Å². The second-order valence-electron chi connectivity index (χ2n) is 6.99. The van der Waals surface area contributed by atoms with Crippen molar-refractivity contribution >= 4 is 5.91 Å². The van der Waals surface area contributed by atoms with Gasteiger partial charge in [-0.15, -0.1) is 0 Å². The maximum absolute atomic E-state index is 12.0. The van der Waals surface area contributed by atoms with E-state index in [1.165, 1.54) is 0 Å². The number of piperidine rings is 1. The normalized spacial score (nSPS) is 19.9. The smallest absolute Gasteiger partial charge is 0.249 e. The molecule has 1 heterocycles. The topological polar surface area (TPSA) is 85.6 Å². The Labute approximate surface area is 148 Å². The van der Waals surface area contributed by atoms with E-state index >= 15 is 0 Å². The molecular weight excluding hydrogens is 318 g/mol. The van der Waals surface area contributed by atoms with Gasteiger partial charge < -0.3 is 15.2 Å². The van der Waals surface area contributed by atoms with Crippen LogP contribution in [0.5, 0.6) is 5.75 Å². The average Bonchev–Trinajstić information content (AvgIpc) is 3.45. The number of aliphatic hydroxyl groups is 1. The molecule has 134 valence electrons. The SMILES string of the molecule is COc1ccc(CN2CCC([C@@H](O)C(=O)NC3CC3)CC2)cc1C#N. The predicted octanol–water partition coefficient (Wildman–Crippen LogP) is 1.42. The van der Waals surface area contributed by atoms with E-state index in [0.717, 1.165) is 50.9 Å². The Balaban J connectivity index is 1.50. The number of nitriles is 1. The number of benzene rings is 1. The summed E-state index contributed by atoms with van der Waals surface area (Å²) in [6, 6.07) is 8.11. The Morgan fingerprint density at radius 1 is 1.40 bits per heavy atom. The number of amides is 1. The van der Waals surface area contributed by atoms with Gasteiger partial charge in [0.25, 0.3) is 0 Å². The molecule has 0 spiro atoms. The first-order chi connectivity index (χ1) is 12.1. The lowest BCUT2D eigenvalue weighted by Crippen LogP contribution is -2.44. The first-order valence-electron chi connectivity index (χ1n) is 8.88. The van der Waals surface area contributed by atoms with Crippen LogP contribution in [0, 0.1) is 17.2 Å². The van der Waals surface area contributed by atoms with Gasteiger partial charge in [-0.1, -0.05) is 6.07 Å². The molecule has 1 aromatic rings. The molecule has 2 N–H and O–H groups in total. The van der Waals surface area contributed by atoms with E-state index < -0.39 is 6.10 Å². The molecule has 25 heavy (non-hydrogen) atoms. The predicted molar refractivity (Wildman–Crippen MR) is 92.9 cm³/mol. The number of carbonyl (C=O) groups excluding carboxylic acids is 1. The average molecular weight is 343 g/mol. The lowest BCUT2D eigenvalue weighted by molar-refractivity contribution is -0.133. The summed E-state index contributed by atoms with van der Waals surface area (Å²) in [5, 5.41) is 22.3. The largest absolute Gasteiger partial charge is 0.495 e. The quantitative estimate of drug-likeness (QED) is 0.816. The molecule has 6 nitrogen and oxygen atoms in total. The van der Waals surface area contributed by atoms with Crippen LogP contribution in [-0.4, -0.2) is 48.3 Å². The van der Waals surface area contributed by atoms with Crippen LogP contribution < -0.4 is 10.1 Å². The third-order valence-corrected chi connectivity index (χ3v) is 5.06. The van der Waals surface area contributed by atoms with Crippen molar-refractivity contribution in [3.63, 3.8) is 0 Å². The van der Waals surface area contributed by atoms with Crippen LogP contribution in [0.1, 0.15) is 36.8 Å². The fraction of sp³-hybridized carbons (Fsp3) is 0.579. The van der Waals surface area contributed by atoms with Crippen molar-refractivity contribution in [1.29, 1.82) is 5.26 Å². The van der Waals surface area contributed by atoms with Gasteiger partial charge in [-0.05, 0) is 62.4 Å². The molecule has 3 rings (SSSR count). The summed E-state index contributed by atoms with van der Waals surface area (Å²) < 4.78 is 5.17. The first-order valence-corrected chi connectivity index (χ1v) is 8.88. The van der Waals surface area contributed by atoms with E-state index in [0.29, 0.717) is 11.3 Å². The van der Waals surface area contributed by atoms with Crippen LogP contribution in [0.3, 0.4) is 0 Å². The summed E-state index contributed by atoms with van der Waals surface area (Å²) in [6.07, 6.45) is 2.78. The van der Waals surface area contributed by atoms with Crippen LogP contribution in [0.4, 0.5) is 0 Å². The van der Waals surface area contributed by atoms with Crippen molar-refractivity contribution < 1.29 is 14.6 Å². The Hall–Kier alpha value is -2.10. The van der Waals surface area contributed by atoms with Crippen LogP contribution in [0.2, 0.25) is 0 Å². The molecule has 1 aliphatic carbocycles. The lowest BCUT2D eigenvalue weighted by Gasteiger charge is -2.33. The lowest BCUT2D eigenvalue weighted by atomic mass is 9.90. The molecule has 1 aliphatic heterocycles. The Bertz CT molecular complexity index is 658. The maximum atomic E-state index is 12.0. The van der Waals surface area contributed by atoms with E-state index in [1.807, 2.05) is 18.2 Å². The maximum Gasteiger partial charge on any atom is 0.249 e. The zero-order chi connectivity index (χ0) is 17.8. The molecule has 6 heteroatoms. The van der Waals surface area contributed by atoms with Crippen LogP contribution >= 0.6 is 0 Å². The molecule has 1 aromatic carbocycles. The van der Waals surface area contributed by atoms with E-state index in [1.54, 1.807) is 7.11 Å². The van der Waals surface area contributed by atoms with Crippen molar-refractivity contribution in [2.45, 2.75) is 44.4 Å². The number of hydrogen-bond acceptors (Lipinski definition) is 5. The zero-order valence-corrected chi connectivity index (χ0v) is 14.6. The fourth-order valence-electron chi connectivity index (χ4n) is 3.35. The monoisotopic (exact) mass is 343 g/mol. The molecule has 0 aromatic heterocycles. The summed E-state index contributed by atoms with van der Waals surface area (Å²) >= 11 is 0. The van der Waals surface area contributed by atoms with Crippen molar-refractivity contribution in [3.05, 3.63) is 29.3 Å². The van der Waals surface area contributed by atoms with Gasteiger partial charge in [-0.3, -0.25) is 9.69 Å². The number of nitrogens with zero attached hydrogens (tertiary/aromatic N) is 2. The highest BCUT2D eigenvalue weighted by Crippen LogP contribution is 2.25. The van der Waals surface area contributed by atoms with Crippen LogP contribution in [0.15, 0.2) is 18.2 Å².